The molecule has 19 heavy (non-hydrogen) atoms. The zero-order chi connectivity index (χ0) is 13.8. The molecule has 2 aromatic rings. The largest absolute Gasteiger partial charge is 0.309 e. The number of halogens is 3. The van der Waals surface area contributed by atoms with Gasteiger partial charge < -0.3 is 5.32 Å². The molecule has 1 nitrogen and oxygen atoms in total. The van der Waals surface area contributed by atoms with Crippen LogP contribution in [0.25, 0.3) is 0 Å². The van der Waals surface area contributed by atoms with Crippen molar-refractivity contribution in [3.63, 3.8) is 0 Å². The first kappa shape index (κ1) is 15.0. The lowest BCUT2D eigenvalue weighted by molar-refractivity contribution is 0.554. The fourth-order valence-corrected chi connectivity index (χ4v) is 3.77. The van der Waals surface area contributed by atoms with E-state index in [9.17, 15) is 4.39 Å². The van der Waals surface area contributed by atoms with Crippen molar-refractivity contribution in [2.75, 3.05) is 6.54 Å². The molecule has 0 amide bonds. The Labute approximate surface area is 129 Å². The summed E-state index contributed by atoms with van der Waals surface area (Å²) in [6.45, 7) is 2.91. The normalized spacial score (nSPS) is 12.6. The molecule has 1 unspecified atom stereocenters. The Morgan fingerprint density at radius 3 is 2.79 bits per heavy atom. The minimum absolute atomic E-state index is 0.153. The van der Waals surface area contributed by atoms with Crippen molar-refractivity contribution in [3.8, 4) is 0 Å². The summed E-state index contributed by atoms with van der Waals surface area (Å²) in [4.78, 5) is 1.16. The van der Waals surface area contributed by atoms with Crippen molar-refractivity contribution in [3.05, 3.63) is 55.4 Å². The summed E-state index contributed by atoms with van der Waals surface area (Å²) in [6, 6.07) is 8.90. The summed E-state index contributed by atoms with van der Waals surface area (Å²) >= 11 is 11.1. The number of hydrogen-bond acceptors (Lipinski definition) is 2. The topological polar surface area (TPSA) is 12.0 Å². The van der Waals surface area contributed by atoms with E-state index in [0.717, 1.165) is 32.2 Å². The van der Waals surface area contributed by atoms with Gasteiger partial charge in [-0.15, -0.1) is 11.3 Å². The molecule has 102 valence electrons. The maximum atomic E-state index is 13.2. The summed E-state index contributed by atoms with van der Waals surface area (Å²) in [6.07, 6.45) is 0.745. The Morgan fingerprint density at radius 1 is 1.42 bits per heavy atom. The van der Waals surface area contributed by atoms with E-state index in [1.54, 1.807) is 23.5 Å². The van der Waals surface area contributed by atoms with Crippen LogP contribution in [0.3, 0.4) is 0 Å². The highest BCUT2D eigenvalue weighted by atomic mass is 79.9. The first-order chi connectivity index (χ1) is 9.10. The number of thiophene rings is 1. The highest BCUT2D eigenvalue weighted by Crippen LogP contribution is 2.36. The molecule has 0 bridgehead atoms. The highest BCUT2D eigenvalue weighted by Gasteiger charge is 2.16. The molecule has 1 heterocycles. The lowest BCUT2D eigenvalue weighted by Gasteiger charge is -2.16. The Bertz CT molecular complexity index is 539. The van der Waals surface area contributed by atoms with Crippen molar-refractivity contribution < 1.29 is 4.39 Å². The molecule has 0 saturated heterocycles. The van der Waals surface area contributed by atoms with Gasteiger partial charge in [-0.25, -0.2) is 4.39 Å². The third kappa shape index (κ3) is 4.02. The minimum atomic E-state index is -0.196. The predicted octanol–water partition coefficient (Wildman–Crippen LogP) is 5.20. The summed E-state index contributed by atoms with van der Waals surface area (Å²) < 4.78 is 14.9. The summed E-state index contributed by atoms with van der Waals surface area (Å²) in [7, 11) is 0. The number of hydrogen-bond donors (Lipinski definition) is 1. The molecular weight excluding hydrogens is 349 g/mol. The Kier molecular flexibility index (Phi) is 5.39. The van der Waals surface area contributed by atoms with Crippen molar-refractivity contribution in [1.82, 2.24) is 5.32 Å². The molecule has 0 fully saturated rings. The van der Waals surface area contributed by atoms with E-state index in [1.165, 1.54) is 6.07 Å². The van der Waals surface area contributed by atoms with Crippen LogP contribution in [0.5, 0.6) is 0 Å². The molecule has 0 radical (unpaired) electrons. The average Bonchev–Trinajstić information content (AvgIpc) is 2.69. The van der Waals surface area contributed by atoms with Crippen LogP contribution in [0.15, 0.2) is 34.8 Å². The molecule has 2 rings (SSSR count). The quantitative estimate of drug-likeness (QED) is 0.771. The Morgan fingerprint density at radius 2 is 2.21 bits per heavy atom. The van der Waals surface area contributed by atoms with E-state index in [4.69, 9.17) is 11.6 Å². The second-order valence-corrected chi connectivity index (χ2v) is 6.75. The molecule has 1 atom stereocenters. The third-order valence-corrected chi connectivity index (χ3v) is 5.38. The van der Waals surface area contributed by atoms with Crippen LogP contribution in [0.1, 0.15) is 23.4 Å². The molecule has 0 aliphatic carbocycles. The van der Waals surface area contributed by atoms with Gasteiger partial charge in [0.25, 0.3) is 0 Å². The third-order valence-electron chi connectivity index (χ3n) is 2.79. The lowest BCUT2D eigenvalue weighted by atomic mass is 10.0. The van der Waals surface area contributed by atoms with Gasteiger partial charge in [0, 0.05) is 15.4 Å². The van der Waals surface area contributed by atoms with Gasteiger partial charge >= 0.3 is 0 Å². The monoisotopic (exact) mass is 361 g/mol. The molecule has 1 aromatic heterocycles. The smallest absolute Gasteiger partial charge is 0.123 e. The summed E-state index contributed by atoms with van der Waals surface area (Å²) in [5.74, 6) is -0.196. The number of benzene rings is 1. The van der Waals surface area contributed by atoms with Crippen LogP contribution >= 0.6 is 38.9 Å². The van der Waals surface area contributed by atoms with E-state index in [2.05, 4.69) is 28.2 Å². The molecule has 1 N–H and O–H groups in total. The Hall–Kier alpha value is -0.420. The zero-order valence-corrected chi connectivity index (χ0v) is 13.6. The van der Waals surface area contributed by atoms with E-state index >= 15 is 0 Å². The van der Waals surface area contributed by atoms with Crippen LogP contribution in [0.4, 0.5) is 4.39 Å². The molecule has 1 aromatic carbocycles. The predicted molar refractivity (Wildman–Crippen MR) is 83.6 cm³/mol. The van der Waals surface area contributed by atoms with Crippen molar-refractivity contribution in [2.45, 2.75) is 19.4 Å². The van der Waals surface area contributed by atoms with E-state index in [-0.39, 0.29) is 11.9 Å². The number of rotatable bonds is 5. The Balaban J connectivity index is 2.20. The fraction of sp³-hybridized carbons (Fsp3) is 0.286. The zero-order valence-electron chi connectivity index (χ0n) is 10.4. The standard InChI is InChI=1S/C14H14BrClFNS/c1-2-18-12(13-8-11(15)14(16)19-13)7-9-4-3-5-10(17)6-9/h3-6,8,12,18H,2,7H2,1H3. The van der Waals surface area contributed by atoms with Gasteiger partial charge in [-0.2, -0.15) is 0 Å². The first-order valence-electron chi connectivity index (χ1n) is 6.02. The van der Waals surface area contributed by atoms with Crippen molar-refractivity contribution in [2.24, 2.45) is 0 Å². The average molecular weight is 363 g/mol. The van der Waals surface area contributed by atoms with Crippen molar-refractivity contribution >= 4 is 38.9 Å². The molecule has 0 aliphatic rings. The van der Waals surface area contributed by atoms with E-state index in [1.807, 2.05) is 12.1 Å². The molecule has 5 heteroatoms. The van der Waals surface area contributed by atoms with Crippen LogP contribution in [-0.4, -0.2) is 6.54 Å². The van der Waals surface area contributed by atoms with Gasteiger partial charge in [0.15, 0.2) is 0 Å². The summed E-state index contributed by atoms with van der Waals surface area (Å²) in [5, 5.41) is 3.42. The van der Waals surface area contributed by atoms with E-state index < -0.39 is 0 Å². The number of likely N-dealkylation sites (N-methyl/N-ethyl adjacent to an activating group) is 1. The molecule has 0 saturated carbocycles. The highest BCUT2D eigenvalue weighted by molar-refractivity contribution is 9.10. The van der Waals surface area contributed by atoms with E-state index in [0.29, 0.717) is 0 Å². The van der Waals surface area contributed by atoms with Crippen molar-refractivity contribution in [1.29, 1.82) is 0 Å². The minimum Gasteiger partial charge on any atom is -0.309 e. The lowest BCUT2D eigenvalue weighted by Crippen LogP contribution is -2.22. The van der Waals surface area contributed by atoms with Crippen LogP contribution < -0.4 is 5.32 Å². The van der Waals surface area contributed by atoms with Gasteiger partial charge in [0.1, 0.15) is 10.2 Å². The first-order valence-corrected chi connectivity index (χ1v) is 8.01. The van der Waals surface area contributed by atoms with Gasteiger partial charge in [0.05, 0.1) is 0 Å². The molecular formula is C14H14BrClFNS. The maximum Gasteiger partial charge on any atom is 0.123 e. The van der Waals surface area contributed by atoms with Gasteiger partial charge in [-0.1, -0.05) is 30.7 Å². The second-order valence-electron chi connectivity index (χ2n) is 4.21. The van der Waals surface area contributed by atoms with Gasteiger partial charge in [-0.05, 0) is 52.7 Å². The SMILES string of the molecule is CCNC(Cc1cccc(F)c1)c1cc(Br)c(Cl)s1. The van der Waals surface area contributed by atoms with Gasteiger partial charge in [-0.3, -0.25) is 0 Å². The second kappa shape index (κ2) is 6.84. The van der Waals surface area contributed by atoms with Crippen LogP contribution in [-0.2, 0) is 6.42 Å². The molecule has 0 spiro atoms. The van der Waals surface area contributed by atoms with Crippen LogP contribution in [0, 0.1) is 5.82 Å². The number of nitrogens with one attached hydrogen (secondary N) is 1. The molecule has 0 aliphatic heterocycles. The van der Waals surface area contributed by atoms with Gasteiger partial charge in [0.2, 0.25) is 0 Å². The fourth-order valence-electron chi connectivity index (χ4n) is 1.95. The van der Waals surface area contributed by atoms with Crippen LogP contribution in [0.2, 0.25) is 4.34 Å². The maximum absolute atomic E-state index is 13.2. The summed E-state index contributed by atoms with van der Waals surface area (Å²) in [5.41, 5.74) is 0.978.